The number of morpholine rings is 1. The van der Waals surface area contributed by atoms with E-state index in [2.05, 4.69) is 12.2 Å². The van der Waals surface area contributed by atoms with Gasteiger partial charge in [0.2, 0.25) is 0 Å². The molecule has 0 amide bonds. The zero-order valence-corrected chi connectivity index (χ0v) is 11.4. The van der Waals surface area contributed by atoms with Gasteiger partial charge in [-0.3, -0.25) is 0 Å². The SMILES string of the molecule is CC1COC2CCCCCCCCCCC2N1. The third kappa shape index (κ3) is 4.59. The molecular formula is C15H29NO. The Morgan fingerprint density at radius 2 is 1.41 bits per heavy atom. The summed E-state index contributed by atoms with van der Waals surface area (Å²) in [5.74, 6) is 0. The van der Waals surface area contributed by atoms with Gasteiger partial charge in [-0.05, 0) is 19.8 Å². The largest absolute Gasteiger partial charge is 0.375 e. The zero-order chi connectivity index (χ0) is 11.9. The minimum absolute atomic E-state index is 0.491. The van der Waals surface area contributed by atoms with Gasteiger partial charge >= 0.3 is 0 Å². The summed E-state index contributed by atoms with van der Waals surface area (Å²) in [5, 5.41) is 3.75. The average molecular weight is 239 g/mol. The van der Waals surface area contributed by atoms with E-state index in [0.29, 0.717) is 18.2 Å². The van der Waals surface area contributed by atoms with Crippen molar-refractivity contribution < 1.29 is 4.74 Å². The minimum Gasteiger partial charge on any atom is -0.375 e. The summed E-state index contributed by atoms with van der Waals surface area (Å²) in [6.45, 7) is 3.15. The lowest BCUT2D eigenvalue weighted by Gasteiger charge is -2.37. The highest BCUT2D eigenvalue weighted by Gasteiger charge is 2.27. The highest BCUT2D eigenvalue weighted by molar-refractivity contribution is 4.84. The molecule has 0 aromatic carbocycles. The van der Waals surface area contributed by atoms with Crippen molar-refractivity contribution in [2.45, 2.75) is 89.3 Å². The number of ether oxygens (including phenoxy) is 1. The lowest BCUT2D eigenvalue weighted by atomic mass is 9.94. The lowest BCUT2D eigenvalue weighted by molar-refractivity contribution is -0.0319. The van der Waals surface area contributed by atoms with Gasteiger partial charge in [0.05, 0.1) is 12.7 Å². The van der Waals surface area contributed by atoms with E-state index in [9.17, 15) is 0 Å². The molecule has 2 heteroatoms. The van der Waals surface area contributed by atoms with Crippen LogP contribution in [-0.2, 0) is 4.74 Å². The van der Waals surface area contributed by atoms with Crippen LogP contribution in [0.5, 0.6) is 0 Å². The van der Waals surface area contributed by atoms with Crippen LogP contribution >= 0.6 is 0 Å². The van der Waals surface area contributed by atoms with E-state index < -0.39 is 0 Å². The van der Waals surface area contributed by atoms with E-state index >= 15 is 0 Å². The number of hydrogen-bond donors (Lipinski definition) is 1. The molecule has 1 saturated carbocycles. The van der Waals surface area contributed by atoms with Crippen LogP contribution in [0, 0.1) is 0 Å². The Balaban J connectivity index is 1.83. The average Bonchev–Trinajstić information content (AvgIpc) is 2.31. The second-order valence-electron chi connectivity index (χ2n) is 5.95. The maximum absolute atomic E-state index is 6.04. The fraction of sp³-hybridized carbons (Fsp3) is 1.00. The van der Waals surface area contributed by atoms with E-state index in [1.54, 1.807) is 0 Å². The summed E-state index contributed by atoms with van der Waals surface area (Å²) >= 11 is 0. The predicted molar refractivity (Wildman–Crippen MR) is 72.3 cm³/mol. The van der Waals surface area contributed by atoms with Crippen LogP contribution in [0.25, 0.3) is 0 Å². The van der Waals surface area contributed by atoms with Crippen molar-refractivity contribution in [2.75, 3.05) is 6.61 Å². The van der Waals surface area contributed by atoms with Crippen molar-refractivity contribution in [2.24, 2.45) is 0 Å². The van der Waals surface area contributed by atoms with Crippen LogP contribution in [0.3, 0.4) is 0 Å². The normalized spacial score (nSPS) is 37.6. The second-order valence-corrected chi connectivity index (χ2v) is 5.95. The highest BCUT2D eigenvalue weighted by Crippen LogP contribution is 2.22. The Morgan fingerprint density at radius 3 is 2.12 bits per heavy atom. The molecule has 1 saturated heterocycles. The van der Waals surface area contributed by atoms with Gasteiger partial charge in [-0.15, -0.1) is 0 Å². The molecule has 0 aromatic rings. The van der Waals surface area contributed by atoms with Crippen LogP contribution in [-0.4, -0.2) is 24.8 Å². The molecule has 0 radical (unpaired) electrons. The van der Waals surface area contributed by atoms with Gasteiger partial charge < -0.3 is 10.1 Å². The van der Waals surface area contributed by atoms with Crippen LogP contribution in [0.4, 0.5) is 0 Å². The Morgan fingerprint density at radius 1 is 0.824 bits per heavy atom. The van der Waals surface area contributed by atoms with E-state index in [4.69, 9.17) is 4.74 Å². The van der Waals surface area contributed by atoms with Gasteiger partial charge in [0.25, 0.3) is 0 Å². The molecule has 1 N–H and O–H groups in total. The Kier molecular flexibility index (Phi) is 5.79. The van der Waals surface area contributed by atoms with Crippen molar-refractivity contribution in [1.82, 2.24) is 5.32 Å². The molecule has 0 spiro atoms. The van der Waals surface area contributed by atoms with Gasteiger partial charge in [0.1, 0.15) is 0 Å². The van der Waals surface area contributed by atoms with Gasteiger partial charge in [0, 0.05) is 12.1 Å². The van der Waals surface area contributed by atoms with Gasteiger partial charge in [-0.25, -0.2) is 0 Å². The van der Waals surface area contributed by atoms with Crippen molar-refractivity contribution in [1.29, 1.82) is 0 Å². The molecule has 2 rings (SSSR count). The molecule has 17 heavy (non-hydrogen) atoms. The highest BCUT2D eigenvalue weighted by atomic mass is 16.5. The van der Waals surface area contributed by atoms with Gasteiger partial charge in [-0.1, -0.05) is 51.4 Å². The predicted octanol–water partition coefficient (Wildman–Crippen LogP) is 3.65. The topological polar surface area (TPSA) is 21.3 Å². The Bertz CT molecular complexity index is 207. The molecule has 3 atom stereocenters. The summed E-state index contributed by atoms with van der Waals surface area (Å²) in [6, 6.07) is 1.17. The van der Waals surface area contributed by atoms with Crippen LogP contribution in [0.1, 0.15) is 71.1 Å². The zero-order valence-electron chi connectivity index (χ0n) is 11.4. The first-order valence-corrected chi connectivity index (χ1v) is 7.74. The van der Waals surface area contributed by atoms with Crippen LogP contribution < -0.4 is 5.32 Å². The molecule has 0 aromatic heterocycles. The number of nitrogens with one attached hydrogen (secondary N) is 1. The summed E-state index contributed by atoms with van der Waals surface area (Å²) in [4.78, 5) is 0. The number of fused-ring (bicyclic) bond motifs is 1. The summed E-state index contributed by atoms with van der Waals surface area (Å²) in [5.41, 5.74) is 0. The third-order valence-electron chi connectivity index (χ3n) is 4.26. The molecule has 0 bridgehead atoms. The number of rotatable bonds is 0. The number of hydrogen-bond acceptors (Lipinski definition) is 2. The first-order valence-electron chi connectivity index (χ1n) is 7.74. The summed E-state index contributed by atoms with van der Waals surface area (Å²) in [7, 11) is 0. The van der Waals surface area contributed by atoms with Gasteiger partial charge in [-0.2, -0.15) is 0 Å². The molecular weight excluding hydrogens is 210 g/mol. The quantitative estimate of drug-likeness (QED) is 0.697. The molecule has 3 unspecified atom stereocenters. The van der Waals surface area contributed by atoms with E-state index in [1.165, 1.54) is 64.2 Å². The van der Waals surface area contributed by atoms with Crippen molar-refractivity contribution in [3.63, 3.8) is 0 Å². The molecule has 2 aliphatic rings. The molecule has 1 heterocycles. The van der Waals surface area contributed by atoms with Crippen molar-refractivity contribution >= 4 is 0 Å². The van der Waals surface area contributed by atoms with E-state index in [0.717, 1.165) is 6.61 Å². The van der Waals surface area contributed by atoms with Crippen molar-refractivity contribution in [3.05, 3.63) is 0 Å². The second kappa shape index (κ2) is 7.38. The smallest absolute Gasteiger partial charge is 0.0728 e. The maximum atomic E-state index is 6.04. The Labute approximate surface area is 107 Å². The van der Waals surface area contributed by atoms with E-state index in [1.807, 2.05) is 0 Å². The third-order valence-corrected chi connectivity index (χ3v) is 4.26. The van der Waals surface area contributed by atoms with Crippen LogP contribution in [0.15, 0.2) is 0 Å². The maximum Gasteiger partial charge on any atom is 0.0728 e. The standard InChI is InChI=1S/C15H29NO/c1-13-12-17-15-11-9-7-5-3-2-4-6-8-10-14(15)16-13/h13-16H,2-12H2,1H3. The van der Waals surface area contributed by atoms with E-state index in [-0.39, 0.29) is 0 Å². The molecule has 2 fully saturated rings. The first-order chi connectivity index (χ1) is 8.36. The summed E-state index contributed by atoms with van der Waals surface area (Å²) in [6.07, 6.45) is 14.4. The minimum atomic E-state index is 0.491. The molecule has 1 aliphatic carbocycles. The molecule has 1 aliphatic heterocycles. The fourth-order valence-corrected chi connectivity index (χ4v) is 3.23. The monoisotopic (exact) mass is 239 g/mol. The van der Waals surface area contributed by atoms with Crippen LogP contribution in [0.2, 0.25) is 0 Å². The molecule has 100 valence electrons. The van der Waals surface area contributed by atoms with Gasteiger partial charge in [0.15, 0.2) is 0 Å². The fourth-order valence-electron chi connectivity index (χ4n) is 3.23. The first kappa shape index (κ1) is 13.4. The summed E-state index contributed by atoms with van der Waals surface area (Å²) < 4.78 is 6.04. The Hall–Kier alpha value is -0.0800. The van der Waals surface area contributed by atoms with Crippen molar-refractivity contribution in [3.8, 4) is 0 Å². The lowest BCUT2D eigenvalue weighted by Crippen LogP contribution is -2.52. The molecule has 2 nitrogen and oxygen atoms in total.